The number of methoxy groups -OCH3 is 1. The topological polar surface area (TPSA) is 74.4 Å². The van der Waals surface area contributed by atoms with Crippen molar-refractivity contribution in [1.82, 2.24) is 4.98 Å². The molecule has 0 unspecified atom stereocenters. The molecule has 104 valence electrons. The molecule has 1 heterocycles. The highest BCUT2D eigenvalue weighted by Gasteiger charge is 2.17. The number of hydrogen-bond donors (Lipinski definition) is 1. The van der Waals surface area contributed by atoms with Crippen LogP contribution >= 0.6 is 0 Å². The lowest BCUT2D eigenvalue weighted by Crippen LogP contribution is -2.06. The van der Waals surface area contributed by atoms with Gasteiger partial charge in [-0.2, -0.15) is 0 Å². The van der Waals surface area contributed by atoms with Crippen LogP contribution in [-0.4, -0.2) is 18.1 Å². The van der Waals surface area contributed by atoms with Crippen LogP contribution in [0.4, 0.5) is 14.5 Å². The van der Waals surface area contributed by atoms with Crippen LogP contribution in [0.15, 0.2) is 30.5 Å². The zero-order valence-corrected chi connectivity index (χ0v) is 10.4. The Morgan fingerprint density at radius 2 is 2.05 bits per heavy atom. The van der Waals surface area contributed by atoms with Crippen LogP contribution in [0.3, 0.4) is 0 Å². The second-order valence-corrected chi connectivity index (χ2v) is 3.79. The maximum atomic E-state index is 13.5. The van der Waals surface area contributed by atoms with E-state index in [1.165, 1.54) is 12.3 Å². The summed E-state index contributed by atoms with van der Waals surface area (Å²) in [7, 11) is 1.16. The van der Waals surface area contributed by atoms with Gasteiger partial charge in [0.2, 0.25) is 5.88 Å². The van der Waals surface area contributed by atoms with E-state index in [-0.39, 0.29) is 17.1 Å². The van der Waals surface area contributed by atoms with Gasteiger partial charge in [0, 0.05) is 6.07 Å². The highest BCUT2D eigenvalue weighted by Crippen LogP contribution is 2.27. The van der Waals surface area contributed by atoms with Crippen molar-refractivity contribution in [1.29, 1.82) is 0 Å². The van der Waals surface area contributed by atoms with Gasteiger partial charge in [-0.1, -0.05) is 0 Å². The Hall–Kier alpha value is -2.70. The second kappa shape index (κ2) is 5.52. The summed E-state index contributed by atoms with van der Waals surface area (Å²) in [4.78, 5) is 15.3. The quantitative estimate of drug-likeness (QED) is 0.874. The molecule has 2 N–H and O–H groups in total. The molecule has 1 aromatic heterocycles. The number of carbonyl (C=O) groups is 1. The molecule has 0 radical (unpaired) electrons. The van der Waals surface area contributed by atoms with Crippen LogP contribution in [0.2, 0.25) is 0 Å². The van der Waals surface area contributed by atoms with Crippen molar-refractivity contribution in [2.45, 2.75) is 0 Å². The first-order chi connectivity index (χ1) is 9.51. The Balaban J connectivity index is 2.43. The van der Waals surface area contributed by atoms with E-state index in [1.807, 2.05) is 0 Å². The van der Waals surface area contributed by atoms with Gasteiger partial charge in [-0.05, 0) is 18.2 Å². The van der Waals surface area contributed by atoms with Gasteiger partial charge < -0.3 is 15.2 Å². The van der Waals surface area contributed by atoms with E-state index in [0.29, 0.717) is 0 Å². The fraction of sp³-hybridized carbons (Fsp3) is 0.0769. The molecule has 0 atom stereocenters. The number of rotatable bonds is 3. The number of pyridine rings is 1. The average molecular weight is 280 g/mol. The molecular formula is C13H10F2N2O3. The summed E-state index contributed by atoms with van der Waals surface area (Å²) < 4.78 is 36.2. The molecule has 0 aliphatic carbocycles. The summed E-state index contributed by atoms with van der Waals surface area (Å²) >= 11 is 0. The number of anilines is 1. The SMILES string of the molecule is COC(=O)c1cc(N)cnc1Oc1cc(F)ccc1F. The Bertz CT molecular complexity index is 662. The monoisotopic (exact) mass is 280 g/mol. The van der Waals surface area contributed by atoms with Crippen LogP contribution in [-0.2, 0) is 4.74 Å². The molecule has 2 aromatic rings. The lowest BCUT2D eigenvalue weighted by molar-refractivity contribution is 0.0597. The highest BCUT2D eigenvalue weighted by molar-refractivity contribution is 5.92. The largest absolute Gasteiger partial charge is 0.465 e. The lowest BCUT2D eigenvalue weighted by Gasteiger charge is -2.10. The molecule has 0 bridgehead atoms. The van der Waals surface area contributed by atoms with Gasteiger partial charge >= 0.3 is 5.97 Å². The van der Waals surface area contributed by atoms with Crippen LogP contribution in [0.1, 0.15) is 10.4 Å². The number of benzene rings is 1. The van der Waals surface area contributed by atoms with E-state index in [4.69, 9.17) is 10.5 Å². The summed E-state index contributed by atoms with van der Waals surface area (Å²) in [5.74, 6) is -2.85. The number of hydrogen-bond acceptors (Lipinski definition) is 5. The van der Waals surface area contributed by atoms with Crippen LogP contribution in [0.25, 0.3) is 0 Å². The van der Waals surface area contributed by atoms with Gasteiger partial charge in [0.1, 0.15) is 11.4 Å². The van der Waals surface area contributed by atoms with Gasteiger partial charge in [0.15, 0.2) is 11.6 Å². The van der Waals surface area contributed by atoms with E-state index >= 15 is 0 Å². The zero-order chi connectivity index (χ0) is 14.7. The van der Waals surface area contributed by atoms with Gasteiger partial charge in [0.25, 0.3) is 0 Å². The van der Waals surface area contributed by atoms with E-state index in [1.54, 1.807) is 0 Å². The number of nitrogens with two attached hydrogens (primary N) is 1. The maximum absolute atomic E-state index is 13.5. The summed E-state index contributed by atoms with van der Waals surface area (Å²) in [5.41, 5.74) is 5.63. The number of ether oxygens (including phenoxy) is 2. The van der Waals surface area contributed by atoms with Crippen molar-refractivity contribution < 1.29 is 23.0 Å². The third-order valence-corrected chi connectivity index (χ3v) is 2.38. The Morgan fingerprint density at radius 1 is 1.30 bits per heavy atom. The van der Waals surface area contributed by atoms with Crippen LogP contribution < -0.4 is 10.5 Å². The predicted molar refractivity (Wildman–Crippen MR) is 66.4 cm³/mol. The van der Waals surface area contributed by atoms with E-state index in [0.717, 1.165) is 25.3 Å². The maximum Gasteiger partial charge on any atom is 0.343 e. The smallest absolute Gasteiger partial charge is 0.343 e. The number of esters is 1. The van der Waals surface area contributed by atoms with Gasteiger partial charge in [-0.25, -0.2) is 18.6 Å². The summed E-state index contributed by atoms with van der Waals surface area (Å²) in [6, 6.07) is 3.96. The van der Waals surface area contributed by atoms with Crippen molar-refractivity contribution in [3.63, 3.8) is 0 Å². The fourth-order valence-corrected chi connectivity index (χ4v) is 1.47. The van der Waals surface area contributed by atoms with Crippen molar-refractivity contribution in [3.8, 4) is 11.6 Å². The molecule has 0 spiro atoms. The van der Waals surface area contributed by atoms with Crippen LogP contribution in [0.5, 0.6) is 11.6 Å². The predicted octanol–water partition coefficient (Wildman–Crippen LogP) is 2.52. The number of halogens is 2. The highest BCUT2D eigenvalue weighted by atomic mass is 19.1. The first-order valence-corrected chi connectivity index (χ1v) is 5.48. The summed E-state index contributed by atoms with van der Waals surface area (Å²) in [5, 5.41) is 0. The Labute approximate surface area is 112 Å². The van der Waals surface area contributed by atoms with Gasteiger partial charge in [-0.15, -0.1) is 0 Å². The standard InChI is InChI=1S/C13H10F2N2O3/c1-19-13(18)9-5-8(16)6-17-12(9)20-11-4-7(14)2-3-10(11)15/h2-6H,16H2,1H3. The molecule has 20 heavy (non-hydrogen) atoms. The number of nitrogens with zero attached hydrogens (tertiary/aromatic N) is 1. The second-order valence-electron chi connectivity index (χ2n) is 3.79. The minimum atomic E-state index is -0.791. The Kier molecular flexibility index (Phi) is 3.79. The summed E-state index contributed by atoms with van der Waals surface area (Å²) in [6.45, 7) is 0. The van der Waals surface area contributed by atoms with Gasteiger partial charge in [0.05, 0.1) is 19.0 Å². The third-order valence-electron chi connectivity index (χ3n) is 2.38. The van der Waals surface area contributed by atoms with Crippen molar-refractivity contribution in [2.75, 3.05) is 12.8 Å². The van der Waals surface area contributed by atoms with Crippen molar-refractivity contribution in [3.05, 3.63) is 47.7 Å². The molecule has 0 amide bonds. The fourth-order valence-electron chi connectivity index (χ4n) is 1.47. The number of carbonyl (C=O) groups excluding carboxylic acids is 1. The van der Waals surface area contributed by atoms with Crippen molar-refractivity contribution in [2.24, 2.45) is 0 Å². The first-order valence-electron chi connectivity index (χ1n) is 5.48. The molecule has 0 aliphatic heterocycles. The molecule has 5 nitrogen and oxygen atoms in total. The zero-order valence-electron chi connectivity index (χ0n) is 10.4. The van der Waals surface area contributed by atoms with Crippen LogP contribution in [0, 0.1) is 11.6 Å². The minimum Gasteiger partial charge on any atom is -0.465 e. The normalized spacial score (nSPS) is 10.2. The molecule has 0 aliphatic rings. The first kappa shape index (κ1) is 13.7. The molecule has 7 heteroatoms. The van der Waals surface area contributed by atoms with Crippen molar-refractivity contribution >= 4 is 11.7 Å². The van der Waals surface area contributed by atoms with E-state index in [2.05, 4.69) is 9.72 Å². The average Bonchev–Trinajstić information content (AvgIpc) is 2.43. The third kappa shape index (κ3) is 2.82. The molecule has 0 fully saturated rings. The molecule has 1 aromatic carbocycles. The number of aromatic nitrogens is 1. The molecule has 0 saturated heterocycles. The minimum absolute atomic E-state index is 0.0869. The van der Waals surface area contributed by atoms with E-state index < -0.39 is 23.4 Å². The molecule has 2 rings (SSSR count). The van der Waals surface area contributed by atoms with Gasteiger partial charge in [-0.3, -0.25) is 0 Å². The Morgan fingerprint density at radius 3 is 2.75 bits per heavy atom. The number of nitrogen functional groups attached to an aromatic ring is 1. The lowest BCUT2D eigenvalue weighted by atomic mass is 10.2. The van der Waals surface area contributed by atoms with E-state index in [9.17, 15) is 13.6 Å². The summed E-state index contributed by atoms with van der Waals surface area (Å²) in [6.07, 6.45) is 1.22. The molecular weight excluding hydrogens is 270 g/mol. The molecule has 0 saturated carbocycles.